The SMILES string of the molecule is CN1CCN(c2c(Cl)cccc2NC(=O)c2ccc(-c3cccc(Cl)c3Cl)o2)CC1. The van der Waals surface area contributed by atoms with Crippen LogP contribution in [-0.2, 0) is 0 Å². The summed E-state index contributed by atoms with van der Waals surface area (Å²) in [6.45, 7) is 3.53. The summed E-state index contributed by atoms with van der Waals surface area (Å²) in [6.07, 6.45) is 0. The average molecular weight is 465 g/mol. The molecule has 0 spiro atoms. The fourth-order valence-electron chi connectivity index (χ4n) is 3.45. The maximum Gasteiger partial charge on any atom is 0.291 e. The van der Waals surface area contributed by atoms with Gasteiger partial charge in [0, 0.05) is 31.7 Å². The molecule has 1 fully saturated rings. The number of hydrogen-bond donors (Lipinski definition) is 1. The molecule has 8 heteroatoms. The number of rotatable bonds is 4. The highest BCUT2D eigenvalue weighted by molar-refractivity contribution is 6.43. The molecule has 5 nitrogen and oxygen atoms in total. The van der Waals surface area contributed by atoms with E-state index in [2.05, 4.69) is 22.2 Å². The molecule has 3 aromatic rings. The van der Waals surface area contributed by atoms with Crippen LogP contribution in [0.4, 0.5) is 11.4 Å². The minimum absolute atomic E-state index is 0.172. The van der Waals surface area contributed by atoms with Crippen LogP contribution in [0.15, 0.2) is 52.9 Å². The Morgan fingerprint density at radius 1 is 0.933 bits per heavy atom. The second-order valence-electron chi connectivity index (χ2n) is 7.15. The summed E-state index contributed by atoms with van der Waals surface area (Å²) < 4.78 is 5.76. The van der Waals surface area contributed by atoms with Gasteiger partial charge < -0.3 is 19.5 Å². The van der Waals surface area contributed by atoms with Crippen molar-refractivity contribution in [1.82, 2.24) is 4.90 Å². The molecule has 0 saturated carbocycles. The topological polar surface area (TPSA) is 48.7 Å². The molecule has 0 atom stereocenters. The zero-order valence-electron chi connectivity index (χ0n) is 16.3. The lowest BCUT2D eigenvalue weighted by atomic mass is 10.2. The number of hydrogen-bond acceptors (Lipinski definition) is 4. The minimum atomic E-state index is -0.364. The number of nitrogens with zero attached hydrogens (tertiary/aromatic N) is 2. The van der Waals surface area contributed by atoms with E-state index in [9.17, 15) is 4.79 Å². The van der Waals surface area contributed by atoms with Crippen LogP contribution in [0.25, 0.3) is 11.3 Å². The summed E-state index contributed by atoms with van der Waals surface area (Å²) >= 11 is 18.8. The molecular weight excluding hydrogens is 445 g/mol. The largest absolute Gasteiger partial charge is 0.451 e. The van der Waals surface area contributed by atoms with Gasteiger partial charge in [-0.1, -0.05) is 46.9 Å². The van der Waals surface area contributed by atoms with E-state index in [1.54, 1.807) is 30.3 Å². The molecule has 0 radical (unpaired) electrons. The van der Waals surface area contributed by atoms with Crippen LogP contribution in [0.5, 0.6) is 0 Å². The van der Waals surface area contributed by atoms with E-state index >= 15 is 0 Å². The van der Waals surface area contributed by atoms with Crippen molar-refractivity contribution >= 4 is 52.1 Å². The molecule has 0 aliphatic carbocycles. The Balaban J connectivity index is 1.57. The van der Waals surface area contributed by atoms with Gasteiger partial charge in [0.15, 0.2) is 5.76 Å². The smallest absolute Gasteiger partial charge is 0.291 e. The zero-order valence-corrected chi connectivity index (χ0v) is 18.6. The van der Waals surface area contributed by atoms with Gasteiger partial charge in [0.05, 0.1) is 26.4 Å². The molecule has 0 unspecified atom stereocenters. The second-order valence-corrected chi connectivity index (χ2v) is 8.34. The van der Waals surface area contributed by atoms with Crippen molar-refractivity contribution in [2.24, 2.45) is 0 Å². The number of nitrogens with one attached hydrogen (secondary N) is 1. The molecule has 156 valence electrons. The van der Waals surface area contributed by atoms with Gasteiger partial charge in [-0.15, -0.1) is 0 Å². The number of carbonyl (C=O) groups excluding carboxylic acids is 1. The van der Waals surface area contributed by atoms with Gasteiger partial charge in [-0.2, -0.15) is 0 Å². The molecular formula is C22H20Cl3N3O2. The third-order valence-corrected chi connectivity index (χ3v) is 6.23. The molecule has 4 rings (SSSR count). The summed E-state index contributed by atoms with van der Waals surface area (Å²) in [7, 11) is 2.09. The molecule has 1 N–H and O–H groups in total. The Morgan fingerprint density at radius 2 is 1.63 bits per heavy atom. The van der Waals surface area contributed by atoms with Crippen LogP contribution in [-0.4, -0.2) is 44.0 Å². The standard InChI is InChI=1S/C22H20Cl3N3O2/c1-27-10-12-28(13-11-27)21-16(24)6-3-7-17(21)26-22(29)19-9-8-18(30-19)14-4-2-5-15(23)20(14)25/h2-9H,10-13H2,1H3,(H,26,29). The fourth-order valence-corrected chi connectivity index (χ4v) is 4.14. The Kier molecular flexibility index (Phi) is 6.25. The van der Waals surface area contributed by atoms with Crippen LogP contribution < -0.4 is 10.2 Å². The van der Waals surface area contributed by atoms with Crippen molar-refractivity contribution in [2.75, 3.05) is 43.4 Å². The summed E-state index contributed by atoms with van der Waals surface area (Å²) in [4.78, 5) is 17.3. The van der Waals surface area contributed by atoms with Gasteiger partial charge in [-0.3, -0.25) is 4.79 Å². The van der Waals surface area contributed by atoms with Gasteiger partial charge >= 0.3 is 0 Å². The maximum absolute atomic E-state index is 12.9. The third kappa shape index (κ3) is 4.30. The first-order valence-corrected chi connectivity index (χ1v) is 10.6. The highest BCUT2D eigenvalue weighted by atomic mass is 35.5. The van der Waals surface area contributed by atoms with Gasteiger partial charge in [-0.25, -0.2) is 0 Å². The molecule has 1 aliphatic heterocycles. The number of likely N-dealkylation sites (N-methyl/N-ethyl adjacent to an activating group) is 1. The highest BCUT2D eigenvalue weighted by Crippen LogP contribution is 2.36. The summed E-state index contributed by atoms with van der Waals surface area (Å²) in [5, 5.41) is 4.34. The van der Waals surface area contributed by atoms with Crippen molar-refractivity contribution in [2.45, 2.75) is 0 Å². The number of benzene rings is 2. The van der Waals surface area contributed by atoms with E-state index < -0.39 is 0 Å². The average Bonchev–Trinajstić information content (AvgIpc) is 3.21. The fraction of sp³-hybridized carbons (Fsp3) is 0.227. The number of halogens is 3. The first-order chi connectivity index (χ1) is 14.4. The molecule has 2 aromatic carbocycles. The number of anilines is 2. The van der Waals surface area contributed by atoms with Crippen LogP contribution in [0.3, 0.4) is 0 Å². The predicted octanol–water partition coefficient (Wildman–Crippen LogP) is 5.91. The summed E-state index contributed by atoms with van der Waals surface area (Å²) in [5.74, 6) is 0.278. The first-order valence-electron chi connectivity index (χ1n) is 9.51. The number of para-hydroxylation sites is 1. The van der Waals surface area contributed by atoms with Crippen molar-refractivity contribution in [3.63, 3.8) is 0 Å². The molecule has 1 aromatic heterocycles. The van der Waals surface area contributed by atoms with Gasteiger partial charge in [-0.05, 0) is 43.4 Å². The third-order valence-electron chi connectivity index (χ3n) is 5.10. The first kappa shape index (κ1) is 21.1. The maximum atomic E-state index is 12.9. The van der Waals surface area contributed by atoms with E-state index in [0.717, 1.165) is 31.9 Å². The van der Waals surface area contributed by atoms with Crippen molar-refractivity contribution in [3.8, 4) is 11.3 Å². The van der Waals surface area contributed by atoms with Gasteiger partial charge in [0.2, 0.25) is 0 Å². The molecule has 0 bridgehead atoms. The lowest BCUT2D eigenvalue weighted by Gasteiger charge is -2.35. The Bertz CT molecular complexity index is 1080. The molecule has 1 aliphatic rings. The van der Waals surface area contributed by atoms with Crippen LogP contribution in [0.1, 0.15) is 10.6 Å². The Morgan fingerprint density at radius 3 is 2.40 bits per heavy atom. The van der Waals surface area contributed by atoms with Crippen molar-refractivity contribution in [3.05, 3.63) is 69.4 Å². The van der Waals surface area contributed by atoms with E-state index in [4.69, 9.17) is 39.2 Å². The normalized spacial score (nSPS) is 14.7. The van der Waals surface area contributed by atoms with E-state index in [1.807, 2.05) is 18.2 Å². The number of amides is 1. The molecule has 30 heavy (non-hydrogen) atoms. The van der Waals surface area contributed by atoms with Gasteiger partial charge in [0.1, 0.15) is 5.76 Å². The summed E-state index contributed by atoms with van der Waals surface area (Å²) in [6, 6.07) is 14.1. The summed E-state index contributed by atoms with van der Waals surface area (Å²) in [5.41, 5.74) is 2.10. The van der Waals surface area contributed by atoms with Crippen LogP contribution in [0.2, 0.25) is 15.1 Å². The second kappa shape index (κ2) is 8.90. The van der Waals surface area contributed by atoms with Crippen LogP contribution >= 0.6 is 34.8 Å². The highest BCUT2D eigenvalue weighted by Gasteiger charge is 2.22. The van der Waals surface area contributed by atoms with Crippen molar-refractivity contribution in [1.29, 1.82) is 0 Å². The molecule has 1 amide bonds. The van der Waals surface area contributed by atoms with E-state index in [1.165, 1.54) is 0 Å². The Hall–Kier alpha value is -2.18. The van der Waals surface area contributed by atoms with E-state index in [-0.39, 0.29) is 11.7 Å². The molecule has 2 heterocycles. The number of piperazine rings is 1. The van der Waals surface area contributed by atoms with Crippen molar-refractivity contribution < 1.29 is 9.21 Å². The Labute approximate surface area is 190 Å². The zero-order chi connectivity index (χ0) is 21.3. The number of furan rings is 1. The van der Waals surface area contributed by atoms with E-state index in [0.29, 0.717) is 32.1 Å². The lowest BCUT2D eigenvalue weighted by molar-refractivity contribution is 0.0997. The monoisotopic (exact) mass is 463 g/mol. The molecule has 1 saturated heterocycles. The lowest BCUT2D eigenvalue weighted by Crippen LogP contribution is -2.44. The predicted molar refractivity (Wildman–Crippen MR) is 123 cm³/mol. The minimum Gasteiger partial charge on any atom is -0.451 e. The quantitative estimate of drug-likeness (QED) is 0.521. The number of carbonyl (C=O) groups is 1. The van der Waals surface area contributed by atoms with Crippen LogP contribution in [0, 0.1) is 0 Å². The van der Waals surface area contributed by atoms with Gasteiger partial charge in [0.25, 0.3) is 5.91 Å².